The third-order valence-electron chi connectivity index (χ3n) is 4.05. The van der Waals surface area contributed by atoms with Gasteiger partial charge in [-0.3, -0.25) is 0 Å². The lowest BCUT2D eigenvalue weighted by atomic mass is 9.88. The van der Waals surface area contributed by atoms with Crippen LogP contribution in [0.1, 0.15) is 28.4 Å². The van der Waals surface area contributed by atoms with E-state index < -0.39 is 11.2 Å². The Hall–Kier alpha value is -2.37. The normalized spacial score (nSPS) is 17.2. The van der Waals surface area contributed by atoms with Crippen molar-refractivity contribution in [3.8, 4) is 0 Å². The fourth-order valence-electron chi connectivity index (χ4n) is 3.01. The molecule has 2 unspecified atom stereocenters. The maximum absolute atomic E-state index is 12.0. The van der Waals surface area contributed by atoms with Gasteiger partial charge in [0.1, 0.15) is 6.26 Å². The van der Waals surface area contributed by atoms with E-state index in [-0.39, 0.29) is 5.92 Å². The van der Waals surface area contributed by atoms with Crippen LogP contribution < -0.4 is 0 Å². The molecule has 1 aromatic heterocycles. The van der Waals surface area contributed by atoms with Crippen molar-refractivity contribution in [2.24, 2.45) is 0 Å². The predicted molar refractivity (Wildman–Crippen MR) is 91.4 cm³/mol. The van der Waals surface area contributed by atoms with Gasteiger partial charge in [-0.1, -0.05) is 59.7 Å². The number of hydrogen-bond acceptors (Lipinski definition) is 3. The van der Waals surface area contributed by atoms with Gasteiger partial charge in [0.25, 0.3) is 0 Å². The van der Waals surface area contributed by atoms with E-state index in [1.165, 1.54) is 5.56 Å². The summed E-state index contributed by atoms with van der Waals surface area (Å²) in [6.45, 7) is 0. The lowest BCUT2D eigenvalue weighted by molar-refractivity contribution is 0.589. The summed E-state index contributed by atoms with van der Waals surface area (Å²) in [5, 5.41) is 8.99. The first kappa shape index (κ1) is 14.2. The zero-order valence-electron chi connectivity index (χ0n) is 12.6. The number of benzene rings is 2. The summed E-state index contributed by atoms with van der Waals surface area (Å²) in [5.74, 6) is 0.759. The topological polar surface area (TPSA) is 53.8 Å². The zero-order chi connectivity index (χ0) is 15.8. The van der Waals surface area contributed by atoms with Gasteiger partial charge < -0.3 is 4.55 Å². The second kappa shape index (κ2) is 5.68. The van der Waals surface area contributed by atoms with E-state index in [0.29, 0.717) is 5.16 Å². The molecule has 2 aromatic carbocycles. The molecule has 0 bridgehead atoms. The van der Waals surface area contributed by atoms with Crippen molar-refractivity contribution in [1.82, 2.24) is 14.8 Å². The fourth-order valence-corrected chi connectivity index (χ4v) is 3.60. The monoisotopic (exact) mass is 321 g/mol. The molecule has 0 radical (unpaired) electrons. The summed E-state index contributed by atoms with van der Waals surface area (Å²) in [7, 11) is 0. The number of nitrogens with zero attached hydrogens (tertiary/aromatic N) is 3. The van der Waals surface area contributed by atoms with E-state index in [4.69, 9.17) is 0 Å². The zero-order valence-corrected chi connectivity index (χ0v) is 13.4. The fraction of sp³-hybridized carbons (Fsp3) is 0.111. The SMILES string of the molecule is C[S+]([O-])c1nnc2n1C=Cc1ccccc1C2c1ccccc1. The Balaban J connectivity index is 1.99. The molecule has 0 saturated carbocycles. The van der Waals surface area contributed by atoms with Crippen LogP contribution in [0.5, 0.6) is 0 Å². The maximum Gasteiger partial charge on any atom is 0.347 e. The van der Waals surface area contributed by atoms with E-state index >= 15 is 0 Å². The molecule has 1 aliphatic rings. The quantitative estimate of drug-likeness (QED) is 0.533. The molecule has 0 N–H and O–H groups in total. The molecule has 114 valence electrons. The van der Waals surface area contributed by atoms with Crippen LogP contribution in [0.25, 0.3) is 12.3 Å². The van der Waals surface area contributed by atoms with Crippen molar-refractivity contribution >= 4 is 23.5 Å². The summed E-state index contributed by atoms with van der Waals surface area (Å²) in [6.07, 6.45) is 5.57. The molecule has 23 heavy (non-hydrogen) atoms. The van der Waals surface area contributed by atoms with Gasteiger partial charge in [-0.05, 0) is 22.8 Å². The van der Waals surface area contributed by atoms with Gasteiger partial charge in [-0.25, -0.2) is 4.57 Å². The van der Waals surface area contributed by atoms with Crippen molar-refractivity contribution in [1.29, 1.82) is 0 Å². The highest BCUT2D eigenvalue weighted by Crippen LogP contribution is 2.36. The first-order chi connectivity index (χ1) is 11.3. The average molecular weight is 321 g/mol. The number of rotatable bonds is 2. The highest BCUT2D eigenvalue weighted by molar-refractivity contribution is 7.90. The second-order valence-corrected chi connectivity index (χ2v) is 6.73. The predicted octanol–water partition coefficient (Wildman–Crippen LogP) is 3.14. The van der Waals surface area contributed by atoms with Crippen LogP contribution in [-0.4, -0.2) is 25.6 Å². The molecule has 0 saturated heterocycles. The highest BCUT2D eigenvalue weighted by atomic mass is 32.2. The molecular weight excluding hydrogens is 306 g/mol. The van der Waals surface area contributed by atoms with Crippen LogP contribution in [0.3, 0.4) is 0 Å². The van der Waals surface area contributed by atoms with Gasteiger partial charge in [0.15, 0.2) is 5.82 Å². The van der Waals surface area contributed by atoms with Crippen LogP contribution in [0, 0.1) is 0 Å². The van der Waals surface area contributed by atoms with E-state index in [1.54, 1.807) is 6.26 Å². The number of hydrogen-bond donors (Lipinski definition) is 0. The minimum absolute atomic E-state index is 0.0350. The van der Waals surface area contributed by atoms with E-state index in [0.717, 1.165) is 17.0 Å². The first-order valence-electron chi connectivity index (χ1n) is 7.36. The van der Waals surface area contributed by atoms with E-state index in [1.807, 2.05) is 47.2 Å². The minimum Gasteiger partial charge on any atom is -0.609 e. The summed E-state index contributed by atoms with van der Waals surface area (Å²) in [4.78, 5) is 0. The highest BCUT2D eigenvalue weighted by Gasteiger charge is 2.29. The van der Waals surface area contributed by atoms with E-state index in [9.17, 15) is 4.55 Å². The molecule has 0 fully saturated rings. The van der Waals surface area contributed by atoms with Crippen molar-refractivity contribution in [2.75, 3.05) is 6.26 Å². The van der Waals surface area contributed by atoms with Crippen molar-refractivity contribution in [3.63, 3.8) is 0 Å². The Morgan fingerprint density at radius 3 is 2.52 bits per heavy atom. The number of aromatic nitrogens is 3. The molecule has 5 heteroatoms. The van der Waals surface area contributed by atoms with Gasteiger partial charge in [-0.15, -0.1) is 5.10 Å². The molecular formula is C18H15N3OS. The summed E-state index contributed by atoms with van der Waals surface area (Å²) < 4.78 is 13.8. The standard InChI is InChI=1S/C18H15N3OS/c1-23(22)18-20-19-17-16(14-8-3-2-4-9-14)15-10-6-5-7-13(15)11-12-21(17)18/h2-12,16H,1H3. The van der Waals surface area contributed by atoms with Crippen LogP contribution in [0.15, 0.2) is 59.8 Å². The Morgan fingerprint density at radius 1 is 1.00 bits per heavy atom. The molecule has 4 rings (SSSR count). The molecule has 2 atom stereocenters. The molecule has 4 nitrogen and oxygen atoms in total. The van der Waals surface area contributed by atoms with Crippen molar-refractivity contribution in [2.45, 2.75) is 11.1 Å². The molecule has 3 aromatic rings. The van der Waals surface area contributed by atoms with Crippen molar-refractivity contribution in [3.05, 3.63) is 77.1 Å². The molecule has 1 aliphatic heterocycles. The Kier molecular flexibility index (Phi) is 3.52. The Morgan fingerprint density at radius 2 is 1.74 bits per heavy atom. The van der Waals surface area contributed by atoms with Gasteiger partial charge in [-0.2, -0.15) is 0 Å². The molecule has 0 amide bonds. The number of fused-ring (bicyclic) bond motifs is 2. The first-order valence-corrected chi connectivity index (χ1v) is 8.92. The van der Waals surface area contributed by atoms with Crippen molar-refractivity contribution < 1.29 is 4.55 Å². The molecule has 0 spiro atoms. The maximum atomic E-state index is 12.0. The second-order valence-electron chi connectivity index (χ2n) is 5.45. The lowest BCUT2D eigenvalue weighted by Gasteiger charge is -2.17. The van der Waals surface area contributed by atoms with Gasteiger partial charge in [0, 0.05) is 17.4 Å². The lowest BCUT2D eigenvalue weighted by Crippen LogP contribution is -2.11. The van der Waals surface area contributed by atoms with E-state index in [2.05, 4.69) is 34.5 Å². The Bertz CT molecular complexity index is 871. The van der Waals surface area contributed by atoms with Crippen LogP contribution in [-0.2, 0) is 11.2 Å². The summed E-state index contributed by atoms with van der Waals surface area (Å²) in [5.41, 5.74) is 3.46. The smallest absolute Gasteiger partial charge is 0.347 e. The third-order valence-corrected chi connectivity index (χ3v) is 4.84. The van der Waals surface area contributed by atoms with Crippen LogP contribution in [0.4, 0.5) is 0 Å². The van der Waals surface area contributed by atoms with Gasteiger partial charge >= 0.3 is 5.16 Å². The van der Waals surface area contributed by atoms with Crippen LogP contribution >= 0.6 is 0 Å². The minimum atomic E-state index is -1.19. The van der Waals surface area contributed by atoms with Gasteiger partial charge in [0.05, 0.1) is 5.92 Å². The summed E-state index contributed by atoms with van der Waals surface area (Å²) in [6, 6.07) is 18.5. The third kappa shape index (κ3) is 2.38. The van der Waals surface area contributed by atoms with Gasteiger partial charge in [0.2, 0.25) is 0 Å². The average Bonchev–Trinajstić information content (AvgIpc) is 2.92. The largest absolute Gasteiger partial charge is 0.609 e. The Labute approximate surface area is 137 Å². The van der Waals surface area contributed by atoms with Crippen LogP contribution in [0.2, 0.25) is 0 Å². The molecule has 2 heterocycles. The summed E-state index contributed by atoms with van der Waals surface area (Å²) >= 11 is -1.19. The molecule has 0 aliphatic carbocycles.